The second-order valence-corrected chi connectivity index (χ2v) is 2.23. The van der Waals surface area contributed by atoms with Crippen molar-refractivity contribution in [2.24, 2.45) is 0 Å². The zero-order chi connectivity index (χ0) is 5.91. The van der Waals surface area contributed by atoms with Crippen LogP contribution < -0.4 is 0 Å². The Labute approximate surface area is 46.6 Å². The Morgan fingerprint density at radius 1 is 1.71 bits per heavy atom. The lowest BCUT2D eigenvalue weighted by Crippen LogP contribution is -2.19. The van der Waals surface area contributed by atoms with Gasteiger partial charge in [0.2, 0.25) is 0 Å². The van der Waals surface area contributed by atoms with Crippen LogP contribution in [0.15, 0.2) is 0 Å². The minimum absolute atomic E-state index is 0.549. The van der Waals surface area contributed by atoms with Crippen LogP contribution >= 0.6 is 0 Å². The Bertz CT molecular complexity index is 94.4. The molecule has 0 aromatic rings. The van der Waals surface area contributed by atoms with Gasteiger partial charge in [-0.1, -0.05) is 0 Å². The molecule has 0 amide bonds. The van der Waals surface area contributed by atoms with Gasteiger partial charge in [-0.3, -0.25) is 0 Å². The van der Waals surface area contributed by atoms with Crippen LogP contribution in [0.3, 0.4) is 0 Å². The lowest BCUT2D eigenvalue weighted by Gasteiger charge is -2.11. The van der Waals surface area contributed by atoms with Crippen molar-refractivity contribution in [2.45, 2.75) is 19.4 Å². The van der Waals surface area contributed by atoms with Gasteiger partial charge < -0.3 is 4.43 Å². The van der Waals surface area contributed by atoms with Crippen LogP contribution in [0.5, 0.6) is 0 Å². The maximum Gasteiger partial charge on any atom is 0.148 e. The van der Waals surface area contributed by atoms with Gasteiger partial charge >= 0.3 is 0 Å². The largest absolute Gasteiger partial charge is 0.411 e. The molecule has 0 rings (SSSR count). The van der Waals surface area contributed by atoms with Crippen molar-refractivity contribution in [1.82, 2.24) is 0 Å². The molecular formula is C4H9NOSi. The third kappa shape index (κ3) is 2.37. The molecule has 0 unspecified atom stereocenters. The molecule has 0 radical (unpaired) electrons. The highest BCUT2D eigenvalue weighted by atomic mass is 28.2. The number of nitriles is 1. The van der Waals surface area contributed by atoms with Crippen molar-refractivity contribution in [3.8, 4) is 6.07 Å². The van der Waals surface area contributed by atoms with Crippen molar-refractivity contribution >= 4 is 10.5 Å². The molecule has 3 heteroatoms. The molecule has 0 atom stereocenters. The third-order valence-electron chi connectivity index (χ3n) is 0.780. The summed E-state index contributed by atoms with van der Waals surface area (Å²) in [7, 11) is 0.635. The number of hydrogen-bond donors (Lipinski definition) is 0. The highest BCUT2D eigenvalue weighted by Gasteiger charge is 2.11. The first-order valence-corrected chi connectivity index (χ1v) is 2.90. The fourth-order valence-electron chi connectivity index (χ4n) is 0.0456. The predicted molar refractivity (Wildman–Crippen MR) is 30.7 cm³/mol. The SMILES string of the molecule is CC(C)(C#N)O[SiH3]. The maximum atomic E-state index is 8.24. The van der Waals surface area contributed by atoms with Crippen molar-refractivity contribution in [3.63, 3.8) is 0 Å². The average molecular weight is 115 g/mol. The molecule has 0 aliphatic rings. The summed E-state index contributed by atoms with van der Waals surface area (Å²) in [6, 6.07) is 2.00. The highest BCUT2D eigenvalue weighted by Crippen LogP contribution is 2.01. The van der Waals surface area contributed by atoms with Gasteiger partial charge in [0.1, 0.15) is 16.1 Å². The van der Waals surface area contributed by atoms with Crippen LogP contribution in [0, 0.1) is 11.3 Å². The van der Waals surface area contributed by atoms with E-state index in [1.165, 1.54) is 0 Å². The van der Waals surface area contributed by atoms with Gasteiger partial charge in [-0.2, -0.15) is 5.26 Å². The molecule has 7 heavy (non-hydrogen) atoms. The summed E-state index contributed by atoms with van der Waals surface area (Å²) in [5.41, 5.74) is -0.549. The Balaban J connectivity index is 3.66. The van der Waals surface area contributed by atoms with Crippen molar-refractivity contribution in [2.75, 3.05) is 0 Å². The standard InChI is InChI=1S/C4H9NOSi/c1-4(2,3-5)6-7/h1-2,7H3. The monoisotopic (exact) mass is 115 g/mol. The quantitative estimate of drug-likeness (QED) is 0.435. The van der Waals surface area contributed by atoms with Crippen LogP contribution in [-0.2, 0) is 4.43 Å². The molecule has 0 N–H and O–H groups in total. The Morgan fingerprint density at radius 2 is 2.14 bits per heavy atom. The Kier molecular flexibility index (Phi) is 2.00. The normalized spacial score (nSPS) is 11.0. The van der Waals surface area contributed by atoms with E-state index in [9.17, 15) is 0 Å². The van der Waals surface area contributed by atoms with Crippen molar-refractivity contribution < 1.29 is 4.43 Å². The van der Waals surface area contributed by atoms with E-state index in [2.05, 4.69) is 0 Å². The van der Waals surface area contributed by atoms with E-state index in [0.717, 1.165) is 0 Å². The molecule has 40 valence electrons. The van der Waals surface area contributed by atoms with E-state index in [-0.39, 0.29) is 0 Å². The Morgan fingerprint density at radius 3 is 2.14 bits per heavy atom. The predicted octanol–water partition coefficient (Wildman–Crippen LogP) is -0.414. The fourth-order valence-corrected chi connectivity index (χ4v) is 0.137. The van der Waals surface area contributed by atoms with E-state index >= 15 is 0 Å². The molecule has 0 aromatic carbocycles. The van der Waals surface area contributed by atoms with Crippen LogP contribution in [0.4, 0.5) is 0 Å². The maximum absolute atomic E-state index is 8.24. The van der Waals surface area contributed by atoms with Gasteiger partial charge in [-0.25, -0.2) is 0 Å². The summed E-state index contributed by atoms with van der Waals surface area (Å²) in [4.78, 5) is 0. The summed E-state index contributed by atoms with van der Waals surface area (Å²) in [5, 5.41) is 8.24. The lowest BCUT2D eigenvalue weighted by atomic mass is 10.2. The van der Waals surface area contributed by atoms with Gasteiger partial charge in [0.05, 0.1) is 6.07 Å². The molecule has 0 saturated carbocycles. The van der Waals surface area contributed by atoms with Gasteiger partial charge in [-0.15, -0.1) is 0 Å². The van der Waals surface area contributed by atoms with E-state index in [4.69, 9.17) is 9.69 Å². The molecular weight excluding hydrogens is 106 g/mol. The highest BCUT2D eigenvalue weighted by molar-refractivity contribution is 5.98. The summed E-state index contributed by atoms with van der Waals surface area (Å²) in [6.07, 6.45) is 0. The molecule has 0 heterocycles. The zero-order valence-corrected chi connectivity index (χ0v) is 6.86. The third-order valence-corrected chi connectivity index (χ3v) is 1.80. The average Bonchev–Trinajstić information content (AvgIpc) is 1.68. The number of nitrogens with zero attached hydrogens (tertiary/aromatic N) is 1. The van der Waals surface area contributed by atoms with E-state index < -0.39 is 5.60 Å². The smallest absolute Gasteiger partial charge is 0.148 e. The topological polar surface area (TPSA) is 33.0 Å². The van der Waals surface area contributed by atoms with Crippen molar-refractivity contribution in [1.29, 1.82) is 5.26 Å². The second-order valence-electron chi connectivity index (χ2n) is 1.83. The summed E-state index contributed by atoms with van der Waals surface area (Å²) in [5.74, 6) is 0. The van der Waals surface area contributed by atoms with Crippen LogP contribution in [-0.4, -0.2) is 16.1 Å². The minimum atomic E-state index is -0.549. The molecule has 0 aliphatic heterocycles. The van der Waals surface area contributed by atoms with Gasteiger partial charge in [0, 0.05) is 0 Å². The summed E-state index contributed by atoms with van der Waals surface area (Å²) >= 11 is 0. The summed E-state index contributed by atoms with van der Waals surface area (Å²) < 4.78 is 4.86. The van der Waals surface area contributed by atoms with E-state index in [1.54, 1.807) is 13.8 Å². The van der Waals surface area contributed by atoms with Crippen LogP contribution in [0.25, 0.3) is 0 Å². The molecule has 2 nitrogen and oxygen atoms in total. The van der Waals surface area contributed by atoms with Gasteiger partial charge in [-0.05, 0) is 13.8 Å². The number of rotatable bonds is 1. The minimum Gasteiger partial charge on any atom is -0.411 e. The molecule has 0 fully saturated rings. The molecule has 0 spiro atoms. The van der Waals surface area contributed by atoms with Crippen molar-refractivity contribution in [3.05, 3.63) is 0 Å². The molecule has 0 saturated heterocycles. The zero-order valence-electron chi connectivity index (χ0n) is 4.86. The van der Waals surface area contributed by atoms with Crippen LogP contribution in [0.2, 0.25) is 0 Å². The van der Waals surface area contributed by atoms with Gasteiger partial charge in [0.15, 0.2) is 0 Å². The Hall–Kier alpha value is -0.333. The van der Waals surface area contributed by atoms with Gasteiger partial charge in [0.25, 0.3) is 0 Å². The lowest BCUT2D eigenvalue weighted by molar-refractivity contribution is 0.188. The van der Waals surface area contributed by atoms with E-state index in [1.807, 2.05) is 6.07 Å². The fraction of sp³-hybridized carbons (Fsp3) is 0.750. The second kappa shape index (κ2) is 2.10. The first kappa shape index (κ1) is 6.67. The molecule has 0 aromatic heterocycles. The van der Waals surface area contributed by atoms with E-state index in [0.29, 0.717) is 10.5 Å². The van der Waals surface area contributed by atoms with Crippen LogP contribution in [0.1, 0.15) is 13.8 Å². The summed E-state index contributed by atoms with van der Waals surface area (Å²) in [6.45, 7) is 3.50. The first-order valence-electron chi connectivity index (χ1n) is 2.09. The first-order chi connectivity index (χ1) is 3.12. The molecule has 0 aliphatic carbocycles. The number of hydrogen-bond acceptors (Lipinski definition) is 2. The molecule has 0 bridgehead atoms.